The summed E-state index contributed by atoms with van der Waals surface area (Å²) in [5.41, 5.74) is 2.95. The van der Waals surface area contributed by atoms with Crippen molar-refractivity contribution in [1.29, 1.82) is 0 Å². The highest BCUT2D eigenvalue weighted by atomic mass is 14.4. The molecule has 0 N–H and O–H groups in total. The lowest BCUT2D eigenvalue weighted by atomic mass is 9.85. The third kappa shape index (κ3) is 1.21. The van der Waals surface area contributed by atoms with Crippen molar-refractivity contribution in [3.05, 3.63) is 54.0 Å². The van der Waals surface area contributed by atoms with Gasteiger partial charge in [-0.1, -0.05) is 36.4 Å². The third-order valence-corrected chi connectivity index (χ3v) is 3.08. The highest BCUT2D eigenvalue weighted by Crippen LogP contribution is 2.45. The van der Waals surface area contributed by atoms with Crippen molar-refractivity contribution < 1.29 is 0 Å². The molecule has 1 atom stereocenters. The van der Waals surface area contributed by atoms with Crippen LogP contribution < -0.4 is 0 Å². The molecule has 0 nitrogen and oxygen atoms in total. The highest BCUT2D eigenvalue weighted by Gasteiger charge is 2.32. The number of allylic oxidation sites excluding steroid dienone is 2. The van der Waals surface area contributed by atoms with Gasteiger partial charge in [0.1, 0.15) is 0 Å². The molecule has 0 saturated heterocycles. The molecule has 1 aromatic carbocycles. The quantitative estimate of drug-likeness (QED) is 0.605. The molecule has 0 spiro atoms. The summed E-state index contributed by atoms with van der Waals surface area (Å²) in [4.78, 5) is 0. The molecular weight excluding hydrogens is 156 g/mol. The van der Waals surface area contributed by atoms with Gasteiger partial charge in [0.05, 0.1) is 0 Å². The van der Waals surface area contributed by atoms with Gasteiger partial charge < -0.3 is 0 Å². The van der Waals surface area contributed by atoms with Crippen LogP contribution >= 0.6 is 0 Å². The molecule has 0 heterocycles. The van der Waals surface area contributed by atoms with Gasteiger partial charge in [0.15, 0.2) is 0 Å². The first-order valence-electron chi connectivity index (χ1n) is 5.05. The number of fused-ring (bicyclic) bond motifs is 1. The standard InChI is InChI=1S/C13H13/c1-2-6-12-10(4-1)5-3-7-13(12)11-8-9-11/h1-7,11,13H,8-9H2. The smallest absolute Gasteiger partial charge is 0.0125 e. The molecule has 2 aliphatic rings. The van der Waals surface area contributed by atoms with Crippen LogP contribution in [0.2, 0.25) is 0 Å². The van der Waals surface area contributed by atoms with Gasteiger partial charge in [-0.05, 0) is 29.9 Å². The van der Waals surface area contributed by atoms with Crippen LogP contribution in [-0.2, 0) is 0 Å². The molecule has 0 aromatic heterocycles. The Morgan fingerprint density at radius 1 is 1.08 bits per heavy atom. The van der Waals surface area contributed by atoms with E-state index in [-0.39, 0.29) is 0 Å². The van der Waals surface area contributed by atoms with Crippen molar-refractivity contribution in [2.75, 3.05) is 0 Å². The van der Waals surface area contributed by atoms with Gasteiger partial charge in [-0.15, -0.1) is 0 Å². The Labute approximate surface area is 79.3 Å². The molecule has 1 fully saturated rings. The lowest BCUT2D eigenvalue weighted by Gasteiger charge is -2.19. The van der Waals surface area contributed by atoms with E-state index < -0.39 is 0 Å². The second kappa shape index (κ2) is 2.73. The van der Waals surface area contributed by atoms with Crippen molar-refractivity contribution in [3.63, 3.8) is 0 Å². The summed E-state index contributed by atoms with van der Waals surface area (Å²) < 4.78 is 0. The van der Waals surface area contributed by atoms with Crippen molar-refractivity contribution in [3.8, 4) is 0 Å². The highest BCUT2D eigenvalue weighted by molar-refractivity contribution is 5.45. The largest absolute Gasteiger partial charge is 0.0801 e. The second-order valence-corrected chi connectivity index (χ2v) is 4.04. The van der Waals surface area contributed by atoms with Crippen molar-refractivity contribution in [1.82, 2.24) is 0 Å². The van der Waals surface area contributed by atoms with E-state index in [0.29, 0.717) is 5.92 Å². The zero-order valence-corrected chi connectivity index (χ0v) is 7.61. The molecule has 1 radical (unpaired) electrons. The number of hydrogen-bond acceptors (Lipinski definition) is 0. The maximum absolute atomic E-state index is 2.36. The van der Waals surface area contributed by atoms with E-state index in [1.807, 2.05) is 0 Å². The molecule has 1 saturated carbocycles. The molecule has 0 bridgehead atoms. The Hall–Kier alpha value is -1.04. The lowest BCUT2D eigenvalue weighted by molar-refractivity contribution is 0.718. The Kier molecular flexibility index (Phi) is 1.55. The van der Waals surface area contributed by atoms with E-state index >= 15 is 0 Å². The fourth-order valence-corrected chi connectivity index (χ4v) is 2.22. The van der Waals surface area contributed by atoms with Crippen molar-refractivity contribution >= 4 is 0 Å². The van der Waals surface area contributed by atoms with Gasteiger partial charge in [-0.2, -0.15) is 0 Å². The van der Waals surface area contributed by atoms with Crippen LogP contribution in [0.4, 0.5) is 0 Å². The normalized spacial score (nSPS) is 25.7. The fourth-order valence-electron chi connectivity index (χ4n) is 2.22. The molecular formula is C13H13. The van der Waals surface area contributed by atoms with Gasteiger partial charge in [0.25, 0.3) is 0 Å². The number of benzene rings is 1. The maximum atomic E-state index is 2.36. The predicted octanol–water partition coefficient (Wildman–Crippen LogP) is 3.30. The van der Waals surface area contributed by atoms with Crippen LogP contribution in [0, 0.1) is 12.3 Å². The summed E-state index contributed by atoms with van der Waals surface area (Å²) in [5.74, 6) is 1.65. The molecule has 3 rings (SSSR count). The van der Waals surface area contributed by atoms with E-state index in [1.54, 1.807) is 0 Å². The Bertz CT molecular complexity index is 345. The topological polar surface area (TPSA) is 0 Å². The maximum Gasteiger partial charge on any atom is 0.0125 e. The summed E-state index contributed by atoms with van der Waals surface area (Å²) in [5, 5.41) is 0. The Balaban J connectivity index is 2.04. The van der Waals surface area contributed by atoms with Crippen LogP contribution in [0.25, 0.3) is 0 Å². The third-order valence-electron chi connectivity index (χ3n) is 3.08. The summed E-state index contributed by atoms with van der Waals surface area (Å²) in [7, 11) is 0. The van der Waals surface area contributed by atoms with Gasteiger partial charge in [0, 0.05) is 12.3 Å². The van der Waals surface area contributed by atoms with E-state index in [2.05, 4.69) is 42.8 Å². The first-order valence-corrected chi connectivity index (χ1v) is 5.05. The van der Waals surface area contributed by atoms with E-state index in [0.717, 1.165) is 5.92 Å². The first kappa shape index (κ1) is 7.37. The van der Waals surface area contributed by atoms with E-state index in [4.69, 9.17) is 0 Å². The van der Waals surface area contributed by atoms with Crippen LogP contribution in [0.5, 0.6) is 0 Å². The molecule has 0 aliphatic heterocycles. The molecule has 1 unspecified atom stereocenters. The molecule has 65 valence electrons. The van der Waals surface area contributed by atoms with Gasteiger partial charge in [0.2, 0.25) is 0 Å². The predicted molar refractivity (Wildman–Crippen MR) is 54.4 cm³/mol. The average Bonchev–Trinajstić information content (AvgIpc) is 3.00. The average molecular weight is 169 g/mol. The van der Waals surface area contributed by atoms with E-state index in [9.17, 15) is 0 Å². The van der Waals surface area contributed by atoms with Crippen LogP contribution in [0.3, 0.4) is 0 Å². The minimum Gasteiger partial charge on any atom is -0.0801 e. The molecule has 13 heavy (non-hydrogen) atoms. The zero-order chi connectivity index (χ0) is 8.67. The van der Waals surface area contributed by atoms with Crippen molar-refractivity contribution in [2.45, 2.75) is 18.8 Å². The minimum atomic E-state index is 0.709. The molecule has 0 amide bonds. The fraction of sp³-hybridized carbons (Fsp3) is 0.308. The molecule has 0 heteroatoms. The van der Waals surface area contributed by atoms with Gasteiger partial charge in [-0.3, -0.25) is 0 Å². The Morgan fingerprint density at radius 2 is 1.92 bits per heavy atom. The first-order chi connectivity index (χ1) is 6.45. The monoisotopic (exact) mass is 169 g/mol. The van der Waals surface area contributed by atoms with Crippen LogP contribution in [0.1, 0.15) is 29.9 Å². The Morgan fingerprint density at radius 3 is 2.77 bits per heavy atom. The van der Waals surface area contributed by atoms with Crippen LogP contribution in [0.15, 0.2) is 36.4 Å². The van der Waals surface area contributed by atoms with Crippen LogP contribution in [-0.4, -0.2) is 0 Å². The van der Waals surface area contributed by atoms with Gasteiger partial charge >= 0.3 is 0 Å². The lowest BCUT2D eigenvalue weighted by Crippen LogP contribution is -2.04. The molecule has 1 aromatic rings. The van der Waals surface area contributed by atoms with Crippen molar-refractivity contribution in [2.24, 2.45) is 5.92 Å². The summed E-state index contributed by atoms with van der Waals surface area (Å²) in [6.45, 7) is 0. The second-order valence-electron chi connectivity index (χ2n) is 4.04. The summed E-state index contributed by atoms with van der Waals surface area (Å²) in [6, 6.07) is 8.77. The van der Waals surface area contributed by atoms with E-state index in [1.165, 1.54) is 24.0 Å². The number of hydrogen-bond donors (Lipinski definition) is 0. The number of rotatable bonds is 1. The molecule has 2 aliphatic carbocycles. The summed E-state index contributed by atoms with van der Waals surface area (Å²) in [6.07, 6.45) is 9.63. The van der Waals surface area contributed by atoms with Gasteiger partial charge in [-0.25, -0.2) is 0 Å². The SMILES string of the molecule is [CH]1C=CC(C2CC2)c2ccccc21. The minimum absolute atomic E-state index is 0.709. The summed E-state index contributed by atoms with van der Waals surface area (Å²) >= 11 is 0. The zero-order valence-electron chi connectivity index (χ0n) is 7.61.